The summed E-state index contributed by atoms with van der Waals surface area (Å²) in [5.74, 6) is 4.03. The van der Waals surface area contributed by atoms with Crippen LogP contribution in [0.5, 0.6) is 0 Å². The molecule has 1 unspecified atom stereocenters. The van der Waals surface area contributed by atoms with Gasteiger partial charge in [-0.1, -0.05) is 86.2 Å². The van der Waals surface area contributed by atoms with Crippen LogP contribution >= 0.6 is 11.6 Å². The number of H-pyrrole nitrogens is 1. The van der Waals surface area contributed by atoms with E-state index >= 15 is 0 Å². The highest BCUT2D eigenvalue weighted by Crippen LogP contribution is 2.33. The van der Waals surface area contributed by atoms with E-state index in [1.165, 1.54) is 32.1 Å². The fourth-order valence-corrected chi connectivity index (χ4v) is 5.48. The second-order valence-corrected chi connectivity index (χ2v) is 10.7. The highest BCUT2D eigenvalue weighted by atomic mass is 35.5. The van der Waals surface area contributed by atoms with Crippen molar-refractivity contribution in [1.82, 2.24) is 34.7 Å². The van der Waals surface area contributed by atoms with Crippen LogP contribution in [-0.2, 0) is 6.54 Å². The third-order valence-electron chi connectivity index (χ3n) is 7.30. The first-order valence-electron chi connectivity index (χ1n) is 13.8. The summed E-state index contributed by atoms with van der Waals surface area (Å²) in [6.45, 7) is 0.543. The van der Waals surface area contributed by atoms with Gasteiger partial charge in [0.15, 0.2) is 5.82 Å². The molecule has 6 rings (SSSR count). The maximum Gasteiger partial charge on any atom is 0.226 e. The molecule has 3 heterocycles. The lowest BCUT2D eigenvalue weighted by Gasteiger charge is -2.26. The van der Waals surface area contributed by atoms with E-state index < -0.39 is 0 Å². The van der Waals surface area contributed by atoms with Gasteiger partial charge in [0.2, 0.25) is 5.95 Å². The molecule has 1 saturated carbocycles. The van der Waals surface area contributed by atoms with Gasteiger partial charge in [-0.05, 0) is 30.0 Å². The number of anilines is 2. The second-order valence-electron chi connectivity index (χ2n) is 10.2. The maximum absolute atomic E-state index is 6.19. The smallest absolute Gasteiger partial charge is 0.226 e. The first kappa shape index (κ1) is 26.0. The van der Waals surface area contributed by atoms with E-state index in [1.54, 1.807) is 12.5 Å². The summed E-state index contributed by atoms with van der Waals surface area (Å²) in [4.78, 5) is 18.7. The van der Waals surface area contributed by atoms with Gasteiger partial charge in [-0.15, -0.1) is 0 Å². The second kappa shape index (κ2) is 12.3. The first-order valence-corrected chi connectivity index (χ1v) is 14.2. The number of aromatic nitrogens is 7. The molecule has 1 aliphatic carbocycles. The van der Waals surface area contributed by atoms with Gasteiger partial charge in [-0.2, -0.15) is 15.1 Å². The Morgan fingerprint density at radius 2 is 1.85 bits per heavy atom. The molecule has 0 radical (unpaired) electrons. The van der Waals surface area contributed by atoms with Crippen molar-refractivity contribution in [3.63, 3.8) is 0 Å². The molecule has 10 heteroatoms. The van der Waals surface area contributed by atoms with Crippen LogP contribution in [0, 0.1) is 5.92 Å². The Morgan fingerprint density at radius 3 is 2.65 bits per heavy atom. The monoisotopic (exact) mass is 553 g/mol. The zero-order chi connectivity index (χ0) is 27.1. The average molecular weight is 554 g/mol. The Balaban J connectivity index is 1.29. The van der Waals surface area contributed by atoms with Gasteiger partial charge in [-0.3, -0.25) is 9.67 Å². The molecule has 0 saturated heterocycles. The van der Waals surface area contributed by atoms with Crippen molar-refractivity contribution in [1.29, 1.82) is 0 Å². The van der Waals surface area contributed by atoms with E-state index in [2.05, 4.69) is 25.8 Å². The van der Waals surface area contributed by atoms with Crippen LogP contribution in [0.15, 0.2) is 79.4 Å². The molecular formula is C30H32ClN9. The summed E-state index contributed by atoms with van der Waals surface area (Å²) in [5.41, 5.74) is 2.03. The average Bonchev–Trinajstić information content (AvgIpc) is 3.70. The fraction of sp³-hybridized carbons (Fsp3) is 0.300. The highest BCUT2D eigenvalue weighted by Gasteiger charge is 2.24. The molecule has 5 aromatic rings. The van der Waals surface area contributed by atoms with E-state index in [0.717, 1.165) is 23.4 Å². The number of hydrogen-bond acceptors (Lipinski definition) is 7. The number of aromatic amines is 1. The first-order chi connectivity index (χ1) is 19.7. The number of hydrogen-bond donors (Lipinski definition) is 3. The van der Waals surface area contributed by atoms with Gasteiger partial charge in [-0.25, -0.2) is 9.97 Å². The van der Waals surface area contributed by atoms with Crippen molar-refractivity contribution in [2.24, 2.45) is 5.92 Å². The molecule has 0 aliphatic heterocycles. The SMILES string of the molecule is Clc1cccc(CNc2nc(NC(CC3CCCCC3)c3nc(-c4ccccc4)n[nH]3)cc(-n3ccnc3)n2)c1. The number of nitrogens with zero attached hydrogens (tertiary/aromatic N) is 6. The zero-order valence-electron chi connectivity index (χ0n) is 22.2. The van der Waals surface area contributed by atoms with E-state index in [0.29, 0.717) is 40.9 Å². The summed E-state index contributed by atoms with van der Waals surface area (Å²) < 4.78 is 1.87. The van der Waals surface area contributed by atoms with Gasteiger partial charge >= 0.3 is 0 Å². The third kappa shape index (κ3) is 6.48. The molecule has 40 heavy (non-hydrogen) atoms. The van der Waals surface area contributed by atoms with Crippen molar-refractivity contribution < 1.29 is 0 Å². The van der Waals surface area contributed by atoms with Crippen molar-refractivity contribution in [3.05, 3.63) is 95.8 Å². The molecule has 0 spiro atoms. The molecular weight excluding hydrogens is 522 g/mol. The molecule has 1 atom stereocenters. The molecule has 3 aromatic heterocycles. The number of nitrogens with one attached hydrogen (secondary N) is 3. The maximum atomic E-state index is 6.19. The number of halogens is 1. The van der Waals surface area contributed by atoms with E-state index in [-0.39, 0.29) is 6.04 Å². The van der Waals surface area contributed by atoms with Crippen LogP contribution in [0.2, 0.25) is 5.02 Å². The molecule has 204 valence electrons. The molecule has 9 nitrogen and oxygen atoms in total. The lowest BCUT2D eigenvalue weighted by molar-refractivity contribution is 0.322. The third-order valence-corrected chi connectivity index (χ3v) is 7.54. The van der Waals surface area contributed by atoms with Gasteiger partial charge in [0.05, 0.1) is 6.04 Å². The topological polar surface area (TPSA) is 109 Å². The number of benzene rings is 2. The van der Waals surface area contributed by atoms with Crippen LogP contribution in [0.25, 0.3) is 17.2 Å². The van der Waals surface area contributed by atoms with Crippen LogP contribution in [-0.4, -0.2) is 34.7 Å². The Morgan fingerprint density at radius 1 is 0.975 bits per heavy atom. The van der Waals surface area contributed by atoms with Crippen LogP contribution in [0.4, 0.5) is 11.8 Å². The molecule has 3 N–H and O–H groups in total. The zero-order valence-corrected chi connectivity index (χ0v) is 22.9. The minimum atomic E-state index is -0.0839. The van der Waals surface area contributed by atoms with Gasteiger partial charge in [0, 0.05) is 35.6 Å². The van der Waals surface area contributed by atoms with Crippen molar-refractivity contribution in [2.75, 3.05) is 10.6 Å². The predicted octanol–water partition coefficient (Wildman–Crippen LogP) is 6.84. The normalized spacial score (nSPS) is 14.6. The van der Waals surface area contributed by atoms with E-state index in [1.807, 2.05) is 71.4 Å². The molecule has 1 aliphatic rings. The van der Waals surface area contributed by atoms with Crippen LogP contribution in [0.1, 0.15) is 56.0 Å². The minimum Gasteiger partial charge on any atom is -0.360 e. The fourth-order valence-electron chi connectivity index (χ4n) is 5.26. The molecule has 0 bridgehead atoms. The summed E-state index contributed by atoms with van der Waals surface area (Å²) in [6.07, 6.45) is 12.6. The van der Waals surface area contributed by atoms with Gasteiger partial charge < -0.3 is 10.6 Å². The summed E-state index contributed by atoms with van der Waals surface area (Å²) in [5, 5.41) is 15.5. The lowest BCUT2D eigenvalue weighted by atomic mass is 9.84. The summed E-state index contributed by atoms with van der Waals surface area (Å²) in [7, 11) is 0. The Kier molecular flexibility index (Phi) is 8.00. The molecule has 2 aromatic carbocycles. The van der Waals surface area contributed by atoms with Crippen molar-refractivity contribution in [3.8, 4) is 17.2 Å². The Hall–Kier alpha value is -4.24. The van der Waals surface area contributed by atoms with Crippen molar-refractivity contribution in [2.45, 2.75) is 51.1 Å². The predicted molar refractivity (Wildman–Crippen MR) is 157 cm³/mol. The largest absolute Gasteiger partial charge is 0.360 e. The summed E-state index contributed by atoms with van der Waals surface area (Å²) in [6, 6.07) is 19.7. The van der Waals surface area contributed by atoms with E-state index in [9.17, 15) is 0 Å². The molecule has 0 amide bonds. The number of imidazole rings is 1. The van der Waals surface area contributed by atoms with Crippen LogP contribution < -0.4 is 10.6 Å². The van der Waals surface area contributed by atoms with Gasteiger partial charge in [0.25, 0.3) is 0 Å². The van der Waals surface area contributed by atoms with Crippen LogP contribution in [0.3, 0.4) is 0 Å². The number of rotatable bonds is 10. The van der Waals surface area contributed by atoms with E-state index in [4.69, 9.17) is 26.6 Å². The van der Waals surface area contributed by atoms with Crippen molar-refractivity contribution >= 4 is 23.4 Å². The molecule has 1 fully saturated rings. The van der Waals surface area contributed by atoms with Gasteiger partial charge in [0.1, 0.15) is 23.8 Å². The Labute approximate surface area is 238 Å². The minimum absolute atomic E-state index is 0.0839. The lowest BCUT2D eigenvalue weighted by Crippen LogP contribution is -2.20. The summed E-state index contributed by atoms with van der Waals surface area (Å²) >= 11 is 6.19. The quantitative estimate of drug-likeness (QED) is 0.174. The standard InChI is InChI=1S/C30H32ClN9/c31-24-13-7-10-22(16-24)19-33-30-35-26(18-27(36-30)40-15-14-32-20-40)34-25(17-21-8-3-1-4-9-21)29-37-28(38-39-29)23-11-5-2-6-12-23/h2,5-7,10-16,18,20-21,25H,1,3-4,8-9,17,19H2,(H,37,38,39)(H2,33,34,35,36). The highest BCUT2D eigenvalue weighted by molar-refractivity contribution is 6.30. The Bertz CT molecular complexity index is 1510.